The van der Waals surface area contributed by atoms with Crippen LogP contribution in [0.2, 0.25) is 0 Å². The molecule has 1 saturated heterocycles. The lowest BCUT2D eigenvalue weighted by Gasteiger charge is -2.30. The lowest BCUT2D eigenvalue weighted by Crippen LogP contribution is -2.40. The third kappa shape index (κ3) is 5.02. The van der Waals surface area contributed by atoms with Gasteiger partial charge in [-0.05, 0) is 73.5 Å². The van der Waals surface area contributed by atoms with Crippen molar-refractivity contribution in [3.63, 3.8) is 0 Å². The Bertz CT molecular complexity index is 1340. The van der Waals surface area contributed by atoms with Gasteiger partial charge in [-0.25, -0.2) is 9.79 Å². The second-order valence-electron chi connectivity index (χ2n) is 9.03. The number of furan rings is 1. The van der Waals surface area contributed by atoms with E-state index < -0.39 is 0 Å². The highest BCUT2D eigenvalue weighted by molar-refractivity contribution is 8.18. The number of thioether (sulfide) groups is 1. The number of amides is 1. The van der Waals surface area contributed by atoms with Gasteiger partial charge in [0, 0.05) is 17.7 Å². The predicted octanol–water partition coefficient (Wildman–Crippen LogP) is 6.98. The van der Waals surface area contributed by atoms with Gasteiger partial charge in [0.2, 0.25) is 0 Å². The van der Waals surface area contributed by atoms with Crippen molar-refractivity contribution in [2.24, 2.45) is 4.99 Å². The average Bonchev–Trinajstić information content (AvgIpc) is 3.48. The van der Waals surface area contributed by atoms with Gasteiger partial charge < -0.3 is 9.15 Å². The van der Waals surface area contributed by atoms with Crippen LogP contribution in [0.1, 0.15) is 53.8 Å². The van der Waals surface area contributed by atoms with Gasteiger partial charge in [-0.15, -0.1) is 0 Å². The zero-order valence-corrected chi connectivity index (χ0v) is 21.2. The van der Waals surface area contributed by atoms with E-state index in [-0.39, 0.29) is 17.9 Å². The fraction of sp³-hybridized carbons (Fsp3) is 0.276. The Balaban J connectivity index is 1.43. The number of hydrogen-bond donors (Lipinski definition) is 0. The third-order valence-electron chi connectivity index (χ3n) is 6.57. The number of aliphatic imine (C=N–C) groups is 1. The Hall–Kier alpha value is -3.58. The first kappa shape index (κ1) is 24.1. The largest absolute Gasteiger partial charge is 0.465 e. The molecule has 0 spiro atoms. The summed E-state index contributed by atoms with van der Waals surface area (Å²) in [6.45, 7) is 1.92. The van der Waals surface area contributed by atoms with Gasteiger partial charge in [0.1, 0.15) is 11.5 Å². The van der Waals surface area contributed by atoms with Gasteiger partial charge >= 0.3 is 5.97 Å². The van der Waals surface area contributed by atoms with E-state index in [1.165, 1.54) is 25.3 Å². The van der Waals surface area contributed by atoms with Crippen molar-refractivity contribution in [3.8, 4) is 11.3 Å². The molecular formula is C29H28N2O4S. The summed E-state index contributed by atoms with van der Waals surface area (Å²) in [5.74, 6) is 0.885. The highest BCUT2D eigenvalue weighted by Crippen LogP contribution is 2.39. The molecule has 0 bridgehead atoms. The van der Waals surface area contributed by atoms with Crippen LogP contribution >= 0.6 is 11.8 Å². The van der Waals surface area contributed by atoms with Gasteiger partial charge in [-0.3, -0.25) is 9.69 Å². The van der Waals surface area contributed by atoms with Crippen LogP contribution in [0.4, 0.5) is 5.69 Å². The number of nitrogens with zero attached hydrogens (tertiary/aromatic N) is 2. The van der Waals surface area contributed by atoms with Crippen molar-refractivity contribution in [2.45, 2.75) is 45.1 Å². The molecule has 1 aliphatic carbocycles. The maximum Gasteiger partial charge on any atom is 0.337 e. The molecule has 1 amide bonds. The van der Waals surface area contributed by atoms with E-state index in [1.54, 1.807) is 18.2 Å². The van der Waals surface area contributed by atoms with E-state index in [4.69, 9.17) is 14.1 Å². The smallest absolute Gasteiger partial charge is 0.337 e. The number of benzene rings is 2. The quantitative estimate of drug-likeness (QED) is 0.279. The Morgan fingerprint density at radius 3 is 2.58 bits per heavy atom. The molecule has 5 rings (SSSR count). The van der Waals surface area contributed by atoms with Crippen LogP contribution in [0.3, 0.4) is 0 Å². The Morgan fingerprint density at radius 2 is 1.86 bits per heavy atom. The molecule has 36 heavy (non-hydrogen) atoms. The normalized spacial score (nSPS) is 18.8. The summed E-state index contributed by atoms with van der Waals surface area (Å²) >= 11 is 1.40. The third-order valence-corrected chi connectivity index (χ3v) is 7.55. The topological polar surface area (TPSA) is 72.1 Å². The molecule has 0 unspecified atom stereocenters. The van der Waals surface area contributed by atoms with Crippen molar-refractivity contribution >= 4 is 40.6 Å². The molecule has 2 heterocycles. The number of methoxy groups -OCH3 is 1. The summed E-state index contributed by atoms with van der Waals surface area (Å²) in [5, 5.41) is 0.727. The zero-order chi connectivity index (χ0) is 25.1. The first-order valence-corrected chi connectivity index (χ1v) is 13.0. The first-order valence-electron chi connectivity index (χ1n) is 12.2. The first-order chi connectivity index (χ1) is 17.5. The van der Waals surface area contributed by atoms with Crippen LogP contribution in [0, 0.1) is 6.92 Å². The highest BCUT2D eigenvalue weighted by Gasteiger charge is 2.38. The summed E-state index contributed by atoms with van der Waals surface area (Å²) in [7, 11) is 1.37. The Kier molecular flexibility index (Phi) is 7.09. The highest BCUT2D eigenvalue weighted by atomic mass is 32.2. The van der Waals surface area contributed by atoms with Crippen LogP contribution in [-0.2, 0) is 9.53 Å². The van der Waals surface area contributed by atoms with Crippen LogP contribution in [-0.4, -0.2) is 35.1 Å². The van der Waals surface area contributed by atoms with E-state index in [2.05, 4.69) is 0 Å². The lowest BCUT2D eigenvalue weighted by molar-refractivity contribution is -0.124. The van der Waals surface area contributed by atoms with Crippen molar-refractivity contribution in [3.05, 3.63) is 82.5 Å². The fourth-order valence-electron chi connectivity index (χ4n) is 4.73. The predicted molar refractivity (Wildman–Crippen MR) is 143 cm³/mol. The van der Waals surface area contributed by atoms with E-state index in [1.807, 2.05) is 60.4 Å². The van der Waals surface area contributed by atoms with E-state index in [9.17, 15) is 9.59 Å². The Morgan fingerprint density at radius 1 is 1.08 bits per heavy atom. The average molecular weight is 501 g/mol. The number of carbonyl (C=O) groups is 2. The van der Waals surface area contributed by atoms with E-state index in [0.29, 0.717) is 22.0 Å². The number of ether oxygens (including phenoxy) is 1. The number of carbonyl (C=O) groups excluding carboxylic acids is 2. The van der Waals surface area contributed by atoms with E-state index >= 15 is 0 Å². The minimum Gasteiger partial charge on any atom is -0.465 e. The molecule has 1 aromatic heterocycles. The van der Waals surface area contributed by atoms with Gasteiger partial charge in [0.25, 0.3) is 5.91 Å². The maximum absolute atomic E-state index is 13.5. The van der Waals surface area contributed by atoms with Crippen molar-refractivity contribution in [1.29, 1.82) is 0 Å². The van der Waals surface area contributed by atoms with Crippen molar-refractivity contribution in [2.75, 3.05) is 7.11 Å². The van der Waals surface area contributed by atoms with Crippen LogP contribution < -0.4 is 0 Å². The molecule has 3 aromatic rings. The van der Waals surface area contributed by atoms with Crippen LogP contribution in [0.5, 0.6) is 0 Å². The number of rotatable bonds is 5. The summed E-state index contributed by atoms with van der Waals surface area (Å²) in [5.41, 5.74) is 3.11. The number of para-hydroxylation sites is 1. The number of aryl methyl sites for hydroxylation is 1. The summed E-state index contributed by atoms with van der Waals surface area (Å²) < 4.78 is 10.9. The molecule has 7 heteroatoms. The molecule has 184 valence electrons. The molecular weight excluding hydrogens is 472 g/mol. The summed E-state index contributed by atoms with van der Waals surface area (Å²) in [4.78, 5) is 32.7. The van der Waals surface area contributed by atoms with Crippen molar-refractivity contribution in [1.82, 2.24) is 4.90 Å². The molecule has 2 aromatic carbocycles. The molecule has 6 nitrogen and oxygen atoms in total. The zero-order valence-electron chi connectivity index (χ0n) is 20.4. The molecule has 1 aliphatic heterocycles. The SMILES string of the molecule is COC(=O)c1ccc(-c2ccc(/C=C3/SC(=Nc4ccccc4)N(C4CCCCC4)C3=O)o2)c(C)c1. The van der Waals surface area contributed by atoms with Crippen LogP contribution in [0.25, 0.3) is 17.4 Å². The number of hydrogen-bond acceptors (Lipinski definition) is 6. The van der Waals surface area contributed by atoms with Crippen molar-refractivity contribution < 1.29 is 18.7 Å². The Labute approximate surface area is 215 Å². The fourth-order valence-corrected chi connectivity index (χ4v) is 5.77. The standard InChI is InChI=1S/C29H28N2O4S/c1-19-17-20(28(33)34-2)13-15-24(19)25-16-14-23(35-25)18-26-27(32)31(22-11-7-4-8-12-22)29(36-26)30-21-9-5-3-6-10-21/h3,5-6,9-10,13-18,22H,4,7-8,11-12H2,1-2H3/b26-18+,30-29?. The van der Waals surface area contributed by atoms with E-state index in [0.717, 1.165) is 47.7 Å². The number of amidine groups is 1. The van der Waals surface area contributed by atoms with Crippen LogP contribution in [0.15, 0.2) is 75.0 Å². The molecule has 0 N–H and O–H groups in total. The summed E-state index contributed by atoms with van der Waals surface area (Å²) in [6.07, 6.45) is 7.28. The monoisotopic (exact) mass is 500 g/mol. The minimum absolute atomic E-state index is 0.0156. The maximum atomic E-state index is 13.5. The minimum atomic E-state index is -0.373. The van der Waals surface area contributed by atoms with Gasteiger partial charge in [0.05, 0.1) is 23.3 Å². The number of esters is 1. The molecule has 0 radical (unpaired) electrons. The van der Waals surface area contributed by atoms with Gasteiger partial charge in [-0.1, -0.05) is 43.5 Å². The molecule has 2 fully saturated rings. The lowest BCUT2D eigenvalue weighted by atomic mass is 9.94. The second kappa shape index (κ2) is 10.6. The molecule has 1 saturated carbocycles. The van der Waals surface area contributed by atoms with Gasteiger partial charge in [-0.2, -0.15) is 0 Å². The van der Waals surface area contributed by atoms with Gasteiger partial charge in [0.15, 0.2) is 5.17 Å². The summed E-state index contributed by atoms with van der Waals surface area (Å²) in [6, 6.07) is 19.0. The second-order valence-corrected chi connectivity index (χ2v) is 10.0. The molecule has 0 atom stereocenters. The molecule has 2 aliphatic rings.